The molecule has 23 heavy (non-hydrogen) atoms. The van der Waals surface area contributed by atoms with E-state index in [0.29, 0.717) is 31.6 Å². The van der Waals surface area contributed by atoms with Gasteiger partial charge in [-0.05, 0) is 31.2 Å². The molecule has 6 nitrogen and oxygen atoms in total. The lowest BCUT2D eigenvalue weighted by atomic mass is 10.0. The molecule has 0 spiro atoms. The Morgan fingerprint density at radius 1 is 1.35 bits per heavy atom. The number of likely N-dealkylation sites (N-methyl/N-ethyl adjacent to an activating group) is 1. The normalized spacial score (nSPS) is 20.4. The zero-order valence-electron chi connectivity index (χ0n) is 13.9. The number of piperazine rings is 1. The predicted octanol–water partition coefficient (Wildman–Crippen LogP) is 1.07. The summed E-state index contributed by atoms with van der Waals surface area (Å²) < 4.78 is 26.2. The summed E-state index contributed by atoms with van der Waals surface area (Å²) in [4.78, 5) is 13.9. The van der Waals surface area contributed by atoms with Crippen LogP contribution >= 0.6 is 0 Å². The lowest BCUT2D eigenvalue weighted by Gasteiger charge is -2.39. The van der Waals surface area contributed by atoms with Gasteiger partial charge in [0.25, 0.3) is 5.91 Å². The summed E-state index contributed by atoms with van der Waals surface area (Å²) >= 11 is 0. The first-order chi connectivity index (χ1) is 10.9. The zero-order chi connectivity index (χ0) is 17.0. The summed E-state index contributed by atoms with van der Waals surface area (Å²) in [5, 5.41) is 2.61. The molecule has 0 saturated carbocycles. The molecule has 1 heterocycles. The van der Waals surface area contributed by atoms with Crippen LogP contribution in [0.5, 0.6) is 0 Å². The van der Waals surface area contributed by atoms with Crippen molar-refractivity contribution < 1.29 is 13.2 Å². The summed E-state index contributed by atoms with van der Waals surface area (Å²) in [7, 11) is 0.384. The number of carbonyl (C=O) groups is 1. The molecule has 1 saturated heterocycles. The summed E-state index contributed by atoms with van der Waals surface area (Å²) in [5.41, 5.74) is 1.55. The number of amides is 1. The molecule has 1 N–H and O–H groups in total. The van der Waals surface area contributed by atoms with Gasteiger partial charge in [-0.15, -0.1) is 0 Å². The van der Waals surface area contributed by atoms with Crippen molar-refractivity contribution in [2.45, 2.75) is 19.4 Å². The summed E-state index contributed by atoms with van der Waals surface area (Å²) in [5.74, 6) is 0.0441. The summed E-state index contributed by atoms with van der Waals surface area (Å²) in [6.45, 7) is 3.50. The molecule has 1 aromatic rings. The number of rotatable bonds is 5. The van der Waals surface area contributed by atoms with E-state index in [-0.39, 0.29) is 17.7 Å². The predicted molar refractivity (Wildman–Crippen MR) is 90.9 cm³/mol. The lowest BCUT2D eigenvalue weighted by molar-refractivity contribution is 0.0962. The van der Waals surface area contributed by atoms with E-state index in [0.717, 1.165) is 5.56 Å². The maximum absolute atomic E-state index is 12.3. The van der Waals surface area contributed by atoms with E-state index in [1.54, 1.807) is 17.4 Å². The molecule has 1 unspecified atom stereocenters. The smallest absolute Gasteiger partial charge is 0.251 e. The number of nitrogens with one attached hydrogen (secondary N) is 1. The zero-order valence-corrected chi connectivity index (χ0v) is 14.8. The van der Waals surface area contributed by atoms with E-state index in [1.165, 1.54) is 0 Å². The molecule has 2 rings (SSSR count). The van der Waals surface area contributed by atoms with Crippen LogP contribution in [-0.4, -0.2) is 63.0 Å². The summed E-state index contributed by atoms with van der Waals surface area (Å²) in [6.07, 6.45) is 0.617. The van der Waals surface area contributed by atoms with E-state index in [9.17, 15) is 13.2 Å². The Hall–Kier alpha value is -1.44. The van der Waals surface area contributed by atoms with Crippen LogP contribution in [0.1, 0.15) is 35.3 Å². The van der Waals surface area contributed by atoms with Crippen LogP contribution in [0.15, 0.2) is 24.3 Å². The van der Waals surface area contributed by atoms with Crippen LogP contribution in [0.3, 0.4) is 0 Å². The highest BCUT2D eigenvalue weighted by molar-refractivity contribution is 7.89. The van der Waals surface area contributed by atoms with E-state index in [1.807, 2.05) is 32.2 Å². The van der Waals surface area contributed by atoms with Crippen molar-refractivity contribution in [1.82, 2.24) is 14.5 Å². The van der Waals surface area contributed by atoms with Crippen molar-refractivity contribution in [3.05, 3.63) is 35.4 Å². The van der Waals surface area contributed by atoms with Crippen LogP contribution < -0.4 is 5.32 Å². The van der Waals surface area contributed by atoms with Crippen molar-refractivity contribution in [3.8, 4) is 0 Å². The third-order valence-electron chi connectivity index (χ3n) is 4.23. The number of carbonyl (C=O) groups excluding carboxylic acids is 1. The molecular formula is C16H25N3O3S. The van der Waals surface area contributed by atoms with Gasteiger partial charge in [0.2, 0.25) is 10.0 Å². The van der Waals surface area contributed by atoms with E-state index in [4.69, 9.17) is 0 Å². The molecule has 0 aromatic heterocycles. The summed E-state index contributed by atoms with van der Waals surface area (Å²) in [6, 6.07) is 7.35. The molecule has 1 amide bonds. The van der Waals surface area contributed by atoms with Crippen LogP contribution in [-0.2, 0) is 10.0 Å². The minimum atomic E-state index is -3.20. The second-order valence-corrected chi connectivity index (χ2v) is 7.96. The highest BCUT2D eigenvalue weighted by Crippen LogP contribution is 2.26. The van der Waals surface area contributed by atoms with Crippen molar-refractivity contribution in [2.75, 3.05) is 39.5 Å². The third-order valence-corrected chi connectivity index (χ3v) is 6.27. The fourth-order valence-electron chi connectivity index (χ4n) is 2.88. The van der Waals surface area contributed by atoms with Gasteiger partial charge < -0.3 is 5.32 Å². The molecule has 1 aliphatic heterocycles. The molecule has 128 valence electrons. The maximum atomic E-state index is 12.3. The number of sulfonamides is 1. The topological polar surface area (TPSA) is 69.7 Å². The number of nitrogens with zero attached hydrogens (tertiary/aromatic N) is 2. The number of benzene rings is 1. The highest BCUT2D eigenvalue weighted by atomic mass is 32.2. The lowest BCUT2D eigenvalue weighted by Crippen LogP contribution is -2.49. The molecule has 1 aliphatic rings. The van der Waals surface area contributed by atoms with Crippen molar-refractivity contribution in [2.24, 2.45) is 0 Å². The minimum absolute atomic E-state index is 0.0417. The van der Waals surface area contributed by atoms with Crippen molar-refractivity contribution in [1.29, 1.82) is 0 Å². The number of hydrogen-bond acceptors (Lipinski definition) is 4. The Kier molecular flexibility index (Phi) is 5.78. The van der Waals surface area contributed by atoms with E-state index >= 15 is 0 Å². The van der Waals surface area contributed by atoms with Gasteiger partial charge in [-0.1, -0.05) is 19.1 Å². The van der Waals surface area contributed by atoms with Crippen LogP contribution in [0, 0.1) is 0 Å². The Morgan fingerprint density at radius 2 is 2.09 bits per heavy atom. The largest absolute Gasteiger partial charge is 0.355 e. The molecule has 0 bridgehead atoms. The standard InChI is InChI=1S/C16H25N3O3S/c1-4-10-23(21,22)19-9-8-18(3)15(12-19)13-6-5-7-14(11-13)16(20)17-2/h5-7,11,15H,4,8-10,12H2,1-3H3,(H,17,20). The monoisotopic (exact) mass is 339 g/mol. The van der Waals surface area contributed by atoms with Gasteiger partial charge >= 0.3 is 0 Å². The number of hydrogen-bond donors (Lipinski definition) is 1. The molecule has 1 aromatic carbocycles. The highest BCUT2D eigenvalue weighted by Gasteiger charge is 2.32. The Bertz CT molecular complexity index is 660. The van der Waals surface area contributed by atoms with Crippen LogP contribution in [0.25, 0.3) is 0 Å². The second-order valence-electron chi connectivity index (χ2n) is 5.88. The molecule has 0 radical (unpaired) electrons. The van der Waals surface area contributed by atoms with Gasteiger partial charge in [-0.3, -0.25) is 9.69 Å². The van der Waals surface area contributed by atoms with Crippen molar-refractivity contribution in [3.63, 3.8) is 0 Å². The first kappa shape index (κ1) is 17.9. The average Bonchev–Trinajstić information content (AvgIpc) is 2.54. The fourth-order valence-corrected chi connectivity index (χ4v) is 4.38. The Labute approximate surface area is 138 Å². The van der Waals surface area contributed by atoms with E-state index in [2.05, 4.69) is 10.2 Å². The molecule has 1 atom stereocenters. The Morgan fingerprint density at radius 3 is 2.74 bits per heavy atom. The van der Waals surface area contributed by atoms with E-state index < -0.39 is 10.0 Å². The van der Waals surface area contributed by atoms with Gasteiger partial charge in [0.1, 0.15) is 0 Å². The second kappa shape index (κ2) is 7.42. The SMILES string of the molecule is CCCS(=O)(=O)N1CCN(C)C(c2cccc(C(=O)NC)c2)C1. The molecule has 1 fully saturated rings. The maximum Gasteiger partial charge on any atom is 0.251 e. The first-order valence-corrected chi connectivity index (χ1v) is 9.50. The van der Waals surface area contributed by atoms with Crippen LogP contribution in [0.4, 0.5) is 0 Å². The van der Waals surface area contributed by atoms with Gasteiger partial charge in [0, 0.05) is 38.3 Å². The van der Waals surface area contributed by atoms with Gasteiger partial charge in [0.05, 0.1) is 5.75 Å². The van der Waals surface area contributed by atoms with Gasteiger partial charge in [-0.25, -0.2) is 8.42 Å². The quantitative estimate of drug-likeness (QED) is 0.871. The molecule has 7 heteroatoms. The average molecular weight is 339 g/mol. The third kappa shape index (κ3) is 4.10. The van der Waals surface area contributed by atoms with Crippen LogP contribution in [0.2, 0.25) is 0 Å². The van der Waals surface area contributed by atoms with Gasteiger partial charge in [0.15, 0.2) is 0 Å². The van der Waals surface area contributed by atoms with Crippen molar-refractivity contribution >= 4 is 15.9 Å². The molecular weight excluding hydrogens is 314 g/mol. The minimum Gasteiger partial charge on any atom is -0.355 e. The molecule has 0 aliphatic carbocycles. The Balaban J connectivity index is 2.25. The first-order valence-electron chi connectivity index (χ1n) is 7.89. The fraction of sp³-hybridized carbons (Fsp3) is 0.562. The van der Waals surface area contributed by atoms with Gasteiger partial charge in [-0.2, -0.15) is 4.31 Å².